The summed E-state index contributed by atoms with van der Waals surface area (Å²) in [5, 5.41) is 0. The van der Waals surface area contributed by atoms with Crippen molar-refractivity contribution < 1.29 is 9.53 Å². The van der Waals surface area contributed by atoms with Crippen LogP contribution in [0.4, 0.5) is 0 Å². The Morgan fingerprint density at radius 3 is 2.21 bits per heavy atom. The fraction of sp³-hybridized carbons (Fsp3) is 0.917. The summed E-state index contributed by atoms with van der Waals surface area (Å²) < 4.78 is 5.13. The molecule has 0 aliphatic rings. The van der Waals surface area contributed by atoms with Crippen LogP contribution in [0, 0.1) is 0 Å². The molecule has 14 heavy (non-hydrogen) atoms. The largest absolute Gasteiger partial charge is 0.371 e. The summed E-state index contributed by atoms with van der Waals surface area (Å²) in [7, 11) is 1.59. The molecule has 0 atom stereocenters. The van der Waals surface area contributed by atoms with E-state index >= 15 is 0 Å². The highest BCUT2D eigenvalue weighted by molar-refractivity contribution is 5.86. The number of hydrogen-bond acceptors (Lipinski definition) is 2. The van der Waals surface area contributed by atoms with E-state index in [1.807, 2.05) is 13.8 Å². The normalized spacial score (nSPS) is 11.7. The number of ether oxygens (including phenoxy) is 1. The standard InChI is InChI=1S/C12H24O2/c1-5-6-7-8-9-10-11(13)12(2,3)14-4/h5-10H2,1-4H3. The first-order chi connectivity index (χ1) is 6.54. The highest BCUT2D eigenvalue weighted by Gasteiger charge is 2.25. The maximum Gasteiger partial charge on any atom is 0.164 e. The molecule has 0 bridgehead atoms. The number of hydrogen-bond donors (Lipinski definition) is 0. The highest BCUT2D eigenvalue weighted by atomic mass is 16.5. The van der Waals surface area contributed by atoms with Gasteiger partial charge in [-0.3, -0.25) is 4.79 Å². The van der Waals surface area contributed by atoms with Crippen molar-refractivity contribution >= 4 is 5.78 Å². The fourth-order valence-electron chi connectivity index (χ4n) is 1.30. The van der Waals surface area contributed by atoms with Crippen LogP contribution in [0.2, 0.25) is 0 Å². The summed E-state index contributed by atoms with van der Waals surface area (Å²) in [5.74, 6) is 0.219. The van der Waals surface area contributed by atoms with Gasteiger partial charge in [-0.25, -0.2) is 0 Å². The predicted molar refractivity (Wildman–Crippen MR) is 59.5 cm³/mol. The molecule has 0 fully saturated rings. The molecule has 0 rings (SSSR count). The van der Waals surface area contributed by atoms with Gasteiger partial charge in [0.15, 0.2) is 5.78 Å². The highest BCUT2D eigenvalue weighted by Crippen LogP contribution is 2.14. The van der Waals surface area contributed by atoms with Crippen molar-refractivity contribution in [2.24, 2.45) is 0 Å². The second-order valence-corrected chi connectivity index (χ2v) is 4.30. The molecule has 0 spiro atoms. The lowest BCUT2D eigenvalue weighted by Crippen LogP contribution is -2.33. The van der Waals surface area contributed by atoms with Gasteiger partial charge in [0.1, 0.15) is 5.60 Å². The van der Waals surface area contributed by atoms with E-state index in [0.717, 1.165) is 6.42 Å². The monoisotopic (exact) mass is 200 g/mol. The molecule has 2 heteroatoms. The molecule has 0 aromatic rings. The van der Waals surface area contributed by atoms with Gasteiger partial charge in [-0.05, 0) is 20.3 Å². The van der Waals surface area contributed by atoms with Crippen molar-refractivity contribution in [3.8, 4) is 0 Å². The lowest BCUT2D eigenvalue weighted by molar-refractivity contribution is -0.137. The minimum atomic E-state index is -0.593. The topological polar surface area (TPSA) is 26.3 Å². The summed E-state index contributed by atoms with van der Waals surface area (Å²) in [5.41, 5.74) is -0.593. The van der Waals surface area contributed by atoms with Gasteiger partial charge in [-0.15, -0.1) is 0 Å². The van der Waals surface area contributed by atoms with Crippen LogP contribution in [0.15, 0.2) is 0 Å². The Hall–Kier alpha value is -0.370. The van der Waals surface area contributed by atoms with E-state index in [9.17, 15) is 4.79 Å². The third-order valence-corrected chi connectivity index (χ3v) is 2.69. The Balaban J connectivity index is 3.54. The molecule has 0 aliphatic carbocycles. The first-order valence-electron chi connectivity index (χ1n) is 5.63. The van der Waals surface area contributed by atoms with Gasteiger partial charge in [0.25, 0.3) is 0 Å². The first kappa shape index (κ1) is 13.6. The third kappa shape index (κ3) is 5.38. The molecule has 0 saturated heterocycles. The molecule has 2 nitrogen and oxygen atoms in total. The van der Waals surface area contributed by atoms with Crippen LogP contribution in [-0.4, -0.2) is 18.5 Å². The van der Waals surface area contributed by atoms with E-state index in [-0.39, 0.29) is 5.78 Å². The van der Waals surface area contributed by atoms with E-state index in [0.29, 0.717) is 6.42 Å². The Kier molecular flexibility index (Phi) is 6.81. The molecule has 0 aromatic carbocycles. The van der Waals surface area contributed by atoms with Gasteiger partial charge in [0.05, 0.1) is 0 Å². The number of carbonyl (C=O) groups excluding carboxylic acids is 1. The second-order valence-electron chi connectivity index (χ2n) is 4.30. The van der Waals surface area contributed by atoms with Crippen molar-refractivity contribution in [2.45, 2.75) is 64.9 Å². The lowest BCUT2D eigenvalue weighted by Gasteiger charge is -2.20. The molecule has 0 amide bonds. The average molecular weight is 200 g/mol. The van der Waals surface area contributed by atoms with Gasteiger partial charge in [0, 0.05) is 13.5 Å². The van der Waals surface area contributed by atoms with Crippen molar-refractivity contribution in [1.82, 2.24) is 0 Å². The quantitative estimate of drug-likeness (QED) is 0.562. The van der Waals surface area contributed by atoms with Crippen LogP contribution in [0.5, 0.6) is 0 Å². The van der Waals surface area contributed by atoms with Gasteiger partial charge >= 0.3 is 0 Å². The van der Waals surface area contributed by atoms with Crippen molar-refractivity contribution in [3.05, 3.63) is 0 Å². The predicted octanol–water partition coefficient (Wildman–Crippen LogP) is 3.34. The second kappa shape index (κ2) is 6.99. The van der Waals surface area contributed by atoms with Gasteiger partial charge in [0.2, 0.25) is 0 Å². The van der Waals surface area contributed by atoms with Crippen molar-refractivity contribution in [1.29, 1.82) is 0 Å². The summed E-state index contributed by atoms with van der Waals surface area (Å²) in [4.78, 5) is 11.6. The number of carbonyl (C=O) groups is 1. The molecule has 0 unspecified atom stereocenters. The molecule has 0 saturated carbocycles. The molecule has 0 radical (unpaired) electrons. The number of unbranched alkanes of at least 4 members (excludes halogenated alkanes) is 4. The number of methoxy groups -OCH3 is 1. The van der Waals surface area contributed by atoms with Crippen LogP contribution in [0.3, 0.4) is 0 Å². The minimum Gasteiger partial charge on any atom is -0.371 e. The summed E-state index contributed by atoms with van der Waals surface area (Å²) in [6, 6.07) is 0. The number of rotatable bonds is 8. The zero-order chi connectivity index (χ0) is 11.0. The van der Waals surface area contributed by atoms with E-state index in [2.05, 4.69) is 6.92 Å². The SMILES string of the molecule is CCCCCCCC(=O)C(C)(C)OC. The number of Topliss-reactive ketones (excluding diaryl/α,β-unsaturated/α-hetero) is 1. The smallest absolute Gasteiger partial charge is 0.164 e. The van der Waals surface area contributed by atoms with Crippen LogP contribution >= 0.6 is 0 Å². The van der Waals surface area contributed by atoms with Crippen LogP contribution < -0.4 is 0 Å². The maximum absolute atomic E-state index is 11.6. The molecular formula is C12H24O2. The van der Waals surface area contributed by atoms with Crippen molar-refractivity contribution in [2.75, 3.05) is 7.11 Å². The van der Waals surface area contributed by atoms with E-state index in [1.54, 1.807) is 7.11 Å². The van der Waals surface area contributed by atoms with E-state index in [1.165, 1.54) is 25.7 Å². The van der Waals surface area contributed by atoms with E-state index < -0.39 is 5.60 Å². The summed E-state index contributed by atoms with van der Waals surface area (Å²) in [6.07, 6.45) is 6.60. The molecular weight excluding hydrogens is 176 g/mol. The fourth-order valence-corrected chi connectivity index (χ4v) is 1.30. The molecule has 0 aliphatic heterocycles. The first-order valence-corrected chi connectivity index (χ1v) is 5.63. The van der Waals surface area contributed by atoms with Gasteiger partial charge < -0.3 is 4.74 Å². The van der Waals surface area contributed by atoms with E-state index in [4.69, 9.17) is 4.74 Å². The lowest BCUT2D eigenvalue weighted by atomic mass is 9.98. The van der Waals surface area contributed by atoms with Crippen molar-refractivity contribution in [3.63, 3.8) is 0 Å². The molecule has 0 N–H and O–H groups in total. The minimum absolute atomic E-state index is 0.219. The number of ketones is 1. The van der Waals surface area contributed by atoms with Crippen LogP contribution in [0.1, 0.15) is 59.3 Å². The molecule has 0 heterocycles. The third-order valence-electron chi connectivity index (χ3n) is 2.69. The zero-order valence-corrected chi connectivity index (χ0v) is 10.1. The Morgan fingerprint density at radius 2 is 1.71 bits per heavy atom. The summed E-state index contributed by atoms with van der Waals surface area (Å²) in [6.45, 7) is 5.86. The zero-order valence-electron chi connectivity index (χ0n) is 10.1. The van der Waals surface area contributed by atoms with Gasteiger partial charge in [-0.1, -0.05) is 32.6 Å². The maximum atomic E-state index is 11.6. The molecule has 84 valence electrons. The Bertz CT molecular complexity index is 162. The van der Waals surface area contributed by atoms with Crippen LogP contribution in [-0.2, 0) is 9.53 Å². The Morgan fingerprint density at radius 1 is 1.14 bits per heavy atom. The van der Waals surface area contributed by atoms with Crippen LogP contribution in [0.25, 0.3) is 0 Å². The molecule has 0 aromatic heterocycles. The van der Waals surface area contributed by atoms with Gasteiger partial charge in [-0.2, -0.15) is 0 Å². The summed E-state index contributed by atoms with van der Waals surface area (Å²) >= 11 is 0. The Labute approximate surface area is 88.0 Å². The average Bonchev–Trinajstić information content (AvgIpc) is 2.17.